The van der Waals surface area contributed by atoms with Crippen LogP contribution in [0.25, 0.3) is 0 Å². The molecule has 1 aromatic rings. The smallest absolute Gasteiger partial charge is 0.240 e. The monoisotopic (exact) mass is 311 g/mol. The maximum absolute atomic E-state index is 12.3. The number of nitrogens with one attached hydrogen (secondary N) is 1. The molecule has 2 N–H and O–H groups in total. The van der Waals surface area contributed by atoms with Crippen LogP contribution < -0.4 is 4.72 Å². The quantitative estimate of drug-likeness (QED) is 0.740. The van der Waals surface area contributed by atoms with Gasteiger partial charge in [0.05, 0.1) is 11.5 Å². The van der Waals surface area contributed by atoms with Gasteiger partial charge in [0, 0.05) is 18.7 Å². The molecule has 0 fully saturated rings. The second-order valence-corrected chi connectivity index (χ2v) is 6.26. The van der Waals surface area contributed by atoms with Crippen LogP contribution in [-0.2, 0) is 14.8 Å². The number of hydrogen-bond donors (Lipinski definition) is 2. The molecular weight excluding hydrogens is 290 g/mol. The Labute approximate surface area is 126 Å². The first-order valence-electron chi connectivity index (χ1n) is 6.74. The van der Waals surface area contributed by atoms with Gasteiger partial charge in [-0.1, -0.05) is 25.2 Å². The van der Waals surface area contributed by atoms with E-state index < -0.39 is 10.0 Å². The van der Waals surface area contributed by atoms with Crippen molar-refractivity contribution in [3.63, 3.8) is 0 Å². The normalized spacial score (nSPS) is 12.5. The molecule has 0 aliphatic heterocycles. The van der Waals surface area contributed by atoms with Crippen LogP contribution in [0.4, 0.5) is 0 Å². The lowest BCUT2D eigenvalue weighted by Gasteiger charge is -2.17. The summed E-state index contributed by atoms with van der Waals surface area (Å²) in [6.07, 6.45) is 1.58. The number of ether oxygens (including phenoxy) is 1. The third-order valence-electron chi connectivity index (χ3n) is 2.80. The van der Waals surface area contributed by atoms with Crippen molar-refractivity contribution in [1.29, 1.82) is 0 Å². The van der Waals surface area contributed by atoms with Crippen LogP contribution in [0.2, 0.25) is 0 Å². The Balaban J connectivity index is 2.86. The number of benzene rings is 1. The second-order valence-electron chi connectivity index (χ2n) is 4.55. The predicted molar refractivity (Wildman–Crippen MR) is 81.3 cm³/mol. The lowest BCUT2D eigenvalue weighted by molar-refractivity contribution is 0.171. The third kappa shape index (κ3) is 5.86. The number of methoxy groups -OCH3 is 1. The molecular formula is C15H21NO4S. The number of rotatable bonds is 7. The van der Waals surface area contributed by atoms with Crippen molar-refractivity contribution in [1.82, 2.24) is 4.72 Å². The number of hydrogen-bond acceptors (Lipinski definition) is 4. The molecule has 1 aromatic carbocycles. The summed E-state index contributed by atoms with van der Waals surface area (Å²) in [6, 6.07) is 5.99. The molecule has 1 atom stereocenters. The molecule has 0 heterocycles. The Bertz CT molecular complexity index is 578. The van der Waals surface area contributed by atoms with Gasteiger partial charge >= 0.3 is 0 Å². The average molecular weight is 311 g/mol. The zero-order valence-corrected chi connectivity index (χ0v) is 13.1. The van der Waals surface area contributed by atoms with Crippen molar-refractivity contribution in [2.24, 2.45) is 0 Å². The summed E-state index contributed by atoms with van der Waals surface area (Å²) in [7, 11) is -2.02. The molecule has 1 rings (SSSR count). The van der Waals surface area contributed by atoms with Crippen LogP contribution in [0.1, 0.15) is 25.3 Å². The number of aliphatic hydroxyl groups is 1. The van der Waals surface area contributed by atoms with E-state index in [9.17, 15) is 8.42 Å². The molecule has 0 aliphatic carbocycles. The van der Waals surface area contributed by atoms with Gasteiger partial charge in [0.15, 0.2) is 0 Å². The van der Waals surface area contributed by atoms with Crippen molar-refractivity contribution in [2.45, 2.75) is 30.7 Å². The van der Waals surface area contributed by atoms with E-state index in [-0.39, 0.29) is 17.5 Å². The predicted octanol–water partition coefficient (Wildman–Crippen LogP) is 1.12. The minimum absolute atomic E-state index is 0.189. The van der Waals surface area contributed by atoms with Crippen molar-refractivity contribution < 1.29 is 18.3 Å². The van der Waals surface area contributed by atoms with E-state index in [2.05, 4.69) is 16.6 Å². The van der Waals surface area contributed by atoms with E-state index in [1.54, 1.807) is 19.2 Å². The summed E-state index contributed by atoms with van der Waals surface area (Å²) in [5.41, 5.74) is 0.657. The molecule has 6 heteroatoms. The largest absolute Gasteiger partial charge is 0.384 e. The van der Waals surface area contributed by atoms with Gasteiger partial charge in [-0.15, -0.1) is 0 Å². The van der Waals surface area contributed by atoms with E-state index in [1.165, 1.54) is 12.1 Å². The Kier molecular flexibility index (Phi) is 7.40. The first-order chi connectivity index (χ1) is 10.0. The minimum atomic E-state index is -3.57. The molecule has 0 aromatic heterocycles. The molecule has 0 spiro atoms. The molecule has 0 amide bonds. The van der Waals surface area contributed by atoms with Gasteiger partial charge in [0.2, 0.25) is 10.0 Å². The highest BCUT2D eigenvalue weighted by atomic mass is 32.2. The molecule has 0 radical (unpaired) electrons. The molecule has 1 unspecified atom stereocenters. The maximum Gasteiger partial charge on any atom is 0.240 e. The van der Waals surface area contributed by atoms with Gasteiger partial charge in [0.1, 0.15) is 6.61 Å². The lowest BCUT2D eigenvalue weighted by Crippen LogP contribution is -2.37. The Morgan fingerprint density at radius 3 is 2.52 bits per heavy atom. The first-order valence-corrected chi connectivity index (χ1v) is 8.23. The second kappa shape index (κ2) is 8.80. The third-order valence-corrected chi connectivity index (χ3v) is 4.34. The fraction of sp³-hybridized carbons (Fsp3) is 0.467. The zero-order chi connectivity index (χ0) is 15.7. The van der Waals surface area contributed by atoms with Gasteiger partial charge in [-0.25, -0.2) is 13.1 Å². The lowest BCUT2D eigenvalue weighted by atomic mass is 10.2. The standard InChI is InChI=1S/C15H21NO4S/c1-3-5-14(12-20-2)16-21(18,19)15-9-7-13(8-10-15)6-4-11-17/h7-10,14,16-17H,3,5,11-12H2,1-2H3. The van der Waals surface area contributed by atoms with Crippen LogP contribution in [-0.4, -0.2) is 39.9 Å². The Hall–Kier alpha value is -1.39. The molecule has 0 saturated heterocycles. The average Bonchev–Trinajstić information content (AvgIpc) is 2.46. The van der Waals surface area contributed by atoms with Crippen LogP contribution in [0.3, 0.4) is 0 Å². The molecule has 21 heavy (non-hydrogen) atoms. The van der Waals surface area contributed by atoms with Crippen LogP contribution in [0.5, 0.6) is 0 Å². The summed E-state index contributed by atoms with van der Waals surface area (Å²) in [6.45, 7) is 2.11. The number of sulfonamides is 1. The molecule has 116 valence electrons. The molecule has 0 aliphatic rings. The van der Waals surface area contributed by atoms with Gasteiger partial charge in [-0.2, -0.15) is 0 Å². The van der Waals surface area contributed by atoms with Crippen molar-refractivity contribution in [2.75, 3.05) is 20.3 Å². The topological polar surface area (TPSA) is 75.6 Å². The summed E-state index contributed by atoms with van der Waals surface area (Å²) in [5.74, 6) is 5.23. The Morgan fingerprint density at radius 2 is 2.00 bits per heavy atom. The van der Waals surface area contributed by atoms with Gasteiger partial charge < -0.3 is 9.84 Å². The molecule has 0 bridgehead atoms. The summed E-state index contributed by atoms with van der Waals surface area (Å²) >= 11 is 0. The minimum Gasteiger partial charge on any atom is -0.384 e. The first kappa shape index (κ1) is 17.7. The fourth-order valence-electron chi connectivity index (χ4n) is 1.87. The van der Waals surface area contributed by atoms with Crippen LogP contribution >= 0.6 is 0 Å². The van der Waals surface area contributed by atoms with Gasteiger partial charge in [0.25, 0.3) is 0 Å². The summed E-state index contributed by atoms with van der Waals surface area (Å²) < 4.78 is 32.2. The Morgan fingerprint density at radius 1 is 1.33 bits per heavy atom. The van der Waals surface area contributed by atoms with Crippen molar-refractivity contribution in [3.05, 3.63) is 29.8 Å². The highest BCUT2D eigenvalue weighted by Gasteiger charge is 2.19. The molecule has 0 saturated carbocycles. The highest BCUT2D eigenvalue weighted by Crippen LogP contribution is 2.12. The van der Waals surface area contributed by atoms with Gasteiger partial charge in [-0.3, -0.25) is 0 Å². The van der Waals surface area contributed by atoms with Crippen molar-refractivity contribution in [3.8, 4) is 11.8 Å². The maximum atomic E-state index is 12.3. The summed E-state index contributed by atoms with van der Waals surface area (Å²) in [5, 5.41) is 8.62. The molecule has 5 nitrogen and oxygen atoms in total. The fourth-order valence-corrected chi connectivity index (χ4v) is 3.13. The van der Waals surface area contributed by atoms with E-state index in [0.29, 0.717) is 18.6 Å². The zero-order valence-electron chi connectivity index (χ0n) is 12.3. The number of aliphatic hydroxyl groups excluding tert-OH is 1. The highest BCUT2D eigenvalue weighted by molar-refractivity contribution is 7.89. The van der Waals surface area contributed by atoms with E-state index >= 15 is 0 Å². The summed E-state index contributed by atoms with van der Waals surface area (Å²) in [4.78, 5) is 0.189. The van der Waals surface area contributed by atoms with E-state index in [4.69, 9.17) is 9.84 Å². The van der Waals surface area contributed by atoms with Crippen molar-refractivity contribution >= 4 is 10.0 Å². The van der Waals surface area contributed by atoms with E-state index in [1.807, 2.05) is 6.92 Å². The SMILES string of the molecule is CCCC(COC)NS(=O)(=O)c1ccc(C#CCO)cc1. The van der Waals surface area contributed by atoms with Gasteiger partial charge in [-0.05, 0) is 30.7 Å². The van der Waals surface area contributed by atoms with Crippen LogP contribution in [0.15, 0.2) is 29.2 Å². The van der Waals surface area contributed by atoms with Crippen LogP contribution in [0, 0.1) is 11.8 Å². The van der Waals surface area contributed by atoms with E-state index in [0.717, 1.165) is 6.42 Å².